The summed E-state index contributed by atoms with van der Waals surface area (Å²) in [5, 5.41) is 21.2. The summed E-state index contributed by atoms with van der Waals surface area (Å²) in [5.74, 6) is -0.444. The van der Waals surface area contributed by atoms with Crippen molar-refractivity contribution in [2.24, 2.45) is 0 Å². The van der Waals surface area contributed by atoms with E-state index in [9.17, 15) is 20.2 Å². The minimum Gasteiger partial charge on any atom is -0.358 e. The second-order valence-electron chi connectivity index (χ2n) is 5.64. The Morgan fingerprint density at radius 2 is 2.04 bits per heavy atom. The van der Waals surface area contributed by atoms with E-state index in [1.807, 2.05) is 24.3 Å². The molecule has 26 heavy (non-hydrogen) atoms. The standard InChI is InChI=1S/C19H12ClN3O3/c1-11-18(14-4-2-3-5-16(14)22-11)19(24)13(10-21)8-12-6-7-15(20)17(9-12)23(25)26/h2-9,22H,1H3. The molecule has 3 rings (SSSR count). The maximum atomic E-state index is 12.9. The zero-order chi connectivity index (χ0) is 18.8. The molecule has 0 saturated heterocycles. The summed E-state index contributed by atoms with van der Waals surface area (Å²) < 4.78 is 0. The number of aromatic nitrogens is 1. The largest absolute Gasteiger partial charge is 0.358 e. The molecule has 0 aliphatic rings. The molecule has 2 aromatic carbocycles. The lowest BCUT2D eigenvalue weighted by molar-refractivity contribution is -0.384. The number of para-hydroxylation sites is 1. The number of nitrogens with one attached hydrogen (secondary N) is 1. The highest BCUT2D eigenvalue weighted by Crippen LogP contribution is 2.28. The Morgan fingerprint density at radius 3 is 2.73 bits per heavy atom. The van der Waals surface area contributed by atoms with Crippen molar-refractivity contribution in [1.29, 1.82) is 5.26 Å². The third-order valence-electron chi connectivity index (χ3n) is 3.96. The second kappa shape index (κ2) is 6.82. The Bertz CT molecular complexity index is 1120. The van der Waals surface area contributed by atoms with Gasteiger partial charge in [0.2, 0.25) is 5.78 Å². The van der Waals surface area contributed by atoms with Gasteiger partial charge in [-0.25, -0.2) is 0 Å². The highest BCUT2D eigenvalue weighted by atomic mass is 35.5. The molecule has 0 atom stereocenters. The number of nitro benzene ring substituents is 1. The molecule has 0 amide bonds. The number of ketones is 1. The zero-order valence-corrected chi connectivity index (χ0v) is 14.4. The minimum absolute atomic E-state index is 0.00976. The predicted octanol–water partition coefficient (Wildman–Crippen LogP) is 4.83. The van der Waals surface area contributed by atoms with Gasteiger partial charge < -0.3 is 4.98 Å². The number of Topliss-reactive ketones (excluding diaryl/α,β-unsaturated/α-hetero) is 1. The monoisotopic (exact) mass is 365 g/mol. The van der Waals surface area contributed by atoms with Crippen molar-refractivity contribution in [2.75, 3.05) is 0 Å². The van der Waals surface area contributed by atoms with E-state index < -0.39 is 10.7 Å². The van der Waals surface area contributed by atoms with Gasteiger partial charge in [-0.05, 0) is 30.7 Å². The van der Waals surface area contributed by atoms with Gasteiger partial charge in [0.05, 0.1) is 10.5 Å². The summed E-state index contributed by atoms with van der Waals surface area (Å²) in [7, 11) is 0. The van der Waals surface area contributed by atoms with E-state index in [0.29, 0.717) is 16.8 Å². The Kier molecular flexibility index (Phi) is 4.57. The van der Waals surface area contributed by atoms with Crippen molar-refractivity contribution in [3.05, 3.63) is 80.0 Å². The number of H-pyrrole nitrogens is 1. The number of benzene rings is 2. The maximum absolute atomic E-state index is 12.9. The summed E-state index contributed by atoms with van der Waals surface area (Å²) in [6.45, 7) is 1.76. The fraction of sp³-hybridized carbons (Fsp3) is 0.0526. The summed E-state index contributed by atoms with van der Waals surface area (Å²) in [4.78, 5) is 26.4. The molecule has 0 bridgehead atoms. The van der Waals surface area contributed by atoms with Gasteiger partial charge in [-0.1, -0.05) is 35.9 Å². The third-order valence-corrected chi connectivity index (χ3v) is 4.28. The molecule has 0 aliphatic heterocycles. The van der Waals surface area contributed by atoms with Crippen LogP contribution in [0.25, 0.3) is 17.0 Å². The molecule has 1 N–H and O–H groups in total. The first-order valence-electron chi connectivity index (χ1n) is 7.60. The molecule has 3 aromatic rings. The number of aromatic amines is 1. The predicted molar refractivity (Wildman–Crippen MR) is 99.1 cm³/mol. The zero-order valence-electron chi connectivity index (χ0n) is 13.6. The molecular formula is C19H12ClN3O3. The molecule has 0 unspecified atom stereocenters. The molecule has 0 fully saturated rings. The fourth-order valence-corrected chi connectivity index (χ4v) is 2.97. The third kappa shape index (κ3) is 3.08. The van der Waals surface area contributed by atoms with E-state index in [2.05, 4.69) is 4.98 Å². The number of hydrogen-bond donors (Lipinski definition) is 1. The quantitative estimate of drug-likeness (QED) is 0.235. The number of halogens is 1. The fourth-order valence-electron chi connectivity index (χ4n) is 2.78. The number of hydrogen-bond acceptors (Lipinski definition) is 4. The van der Waals surface area contributed by atoms with Gasteiger partial charge in [-0.3, -0.25) is 14.9 Å². The minimum atomic E-state index is -0.614. The molecular weight excluding hydrogens is 354 g/mol. The first kappa shape index (κ1) is 17.4. The smallest absolute Gasteiger partial charge is 0.288 e. The number of rotatable bonds is 4. The average Bonchev–Trinajstić information content (AvgIpc) is 2.95. The van der Waals surface area contributed by atoms with Crippen LogP contribution in [0, 0.1) is 28.4 Å². The maximum Gasteiger partial charge on any atom is 0.288 e. The van der Waals surface area contributed by atoms with Crippen molar-refractivity contribution in [1.82, 2.24) is 4.98 Å². The molecule has 0 spiro atoms. The number of allylic oxidation sites excluding steroid dienone is 1. The number of aryl methyl sites for hydroxylation is 1. The second-order valence-corrected chi connectivity index (χ2v) is 6.04. The molecule has 0 saturated carbocycles. The van der Waals surface area contributed by atoms with Crippen molar-refractivity contribution >= 4 is 40.1 Å². The summed E-state index contributed by atoms with van der Waals surface area (Å²) in [5.41, 5.74) is 1.82. The van der Waals surface area contributed by atoms with Crippen molar-refractivity contribution in [3.8, 4) is 6.07 Å². The van der Waals surface area contributed by atoms with Gasteiger partial charge in [-0.2, -0.15) is 5.26 Å². The Morgan fingerprint density at radius 1 is 1.31 bits per heavy atom. The van der Waals surface area contributed by atoms with Crippen LogP contribution >= 0.6 is 11.6 Å². The van der Waals surface area contributed by atoms with E-state index in [-0.39, 0.29) is 16.3 Å². The van der Waals surface area contributed by atoms with Crippen LogP contribution < -0.4 is 0 Å². The highest BCUT2D eigenvalue weighted by Gasteiger charge is 2.20. The van der Waals surface area contributed by atoms with Crippen LogP contribution in [-0.2, 0) is 0 Å². The van der Waals surface area contributed by atoms with Crippen LogP contribution in [0.5, 0.6) is 0 Å². The first-order chi connectivity index (χ1) is 12.4. The number of nitriles is 1. The van der Waals surface area contributed by atoms with Crippen LogP contribution in [0.2, 0.25) is 5.02 Å². The topological polar surface area (TPSA) is 99.8 Å². The van der Waals surface area contributed by atoms with E-state index in [1.54, 1.807) is 13.0 Å². The number of carbonyl (C=O) groups is 1. The van der Waals surface area contributed by atoms with Crippen LogP contribution in [0.4, 0.5) is 5.69 Å². The van der Waals surface area contributed by atoms with Crippen molar-refractivity contribution < 1.29 is 9.72 Å². The summed E-state index contributed by atoms with van der Waals surface area (Å²) >= 11 is 5.79. The summed E-state index contributed by atoms with van der Waals surface area (Å²) in [6.07, 6.45) is 1.33. The normalized spacial score (nSPS) is 11.3. The van der Waals surface area contributed by atoms with Crippen LogP contribution in [0.3, 0.4) is 0 Å². The molecule has 0 aliphatic carbocycles. The molecule has 7 heteroatoms. The van der Waals surface area contributed by atoms with Crippen LogP contribution in [0.15, 0.2) is 48.0 Å². The lowest BCUT2D eigenvalue weighted by atomic mass is 9.99. The van der Waals surface area contributed by atoms with E-state index in [0.717, 1.165) is 10.9 Å². The van der Waals surface area contributed by atoms with Crippen molar-refractivity contribution in [3.63, 3.8) is 0 Å². The number of carbonyl (C=O) groups excluding carboxylic acids is 1. The van der Waals surface area contributed by atoms with Crippen LogP contribution in [0.1, 0.15) is 21.6 Å². The molecule has 1 heterocycles. The van der Waals surface area contributed by atoms with Gasteiger partial charge in [0.1, 0.15) is 16.7 Å². The van der Waals surface area contributed by atoms with E-state index in [4.69, 9.17) is 11.6 Å². The highest BCUT2D eigenvalue weighted by molar-refractivity contribution is 6.32. The molecule has 6 nitrogen and oxygen atoms in total. The number of nitrogens with zero attached hydrogens (tertiary/aromatic N) is 2. The lowest BCUT2D eigenvalue weighted by Gasteiger charge is -2.02. The molecule has 1 aromatic heterocycles. The number of fused-ring (bicyclic) bond motifs is 1. The average molecular weight is 366 g/mol. The summed E-state index contributed by atoms with van der Waals surface area (Å²) in [6, 6.07) is 13.3. The Hall–Kier alpha value is -3.43. The van der Waals surface area contributed by atoms with Gasteiger partial charge in [0.15, 0.2) is 0 Å². The molecule has 128 valence electrons. The SMILES string of the molecule is Cc1[nH]c2ccccc2c1C(=O)C(C#N)=Cc1ccc(Cl)c([N+](=O)[O-])c1. The molecule has 0 radical (unpaired) electrons. The Labute approximate surface area is 153 Å². The number of nitro groups is 1. The van der Waals surface area contributed by atoms with Gasteiger partial charge in [0.25, 0.3) is 5.69 Å². The van der Waals surface area contributed by atoms with Crippen LogP contribution in [-0.4, -0.2) is 15.7 Å². The lowest BCUT2D eigenvalue weighted by Crippen LogP contribution is -2.03. The van der Waals surface area contributed by atoms with E-state index >= 15 is 0 Å². The van der Waals surface area contributed by atoms with Crippen molar-refractivity contribution in [2.45, 2.75) is 6.92 Å². The Balaban J connectivity index is 2.09. The van der Waals surface area contributed by atoms with Gasteiger partial charge in [0, 0.05) is 22.7 Å². The first-order valence-corrected chi connectivity index (χ1v) is 7.98. The van der Waals surface area contributed by atoms with Gasteiger partial charge >= 0.3 is 0 Å². The van der Waals surface area contributed by atoms with Gasteiger partial charge in [-0.15, -0.1) is 0 Å². The van der Waals surface area contributed by atoms with E-state index in [1.165, 1.54) is 24.3 Å².